The summed E-state index contributed by atoms with van der Waals surface area (Å²) in [5.74, 6) is -2.19. The Bertz CT molecular complexity index is 1150. The lowest BCUT2D eigenvalue weighted by atomic mass is 10.1. The number of nitrogens with zero attached hydrogens (tertiary/aromatic N) is 2. The Kier molecular flexibility index (Phi) is 7.02. The molecule has 0 spiro atoms. The number of anilines is 1. The number of nitro groups is 1. The molecule has 32 heavy (non-hydrogen) atoms. The van der Waals surface area contributed by atoms with Gasteiger partial charge < -0.3 is 19.4 Å². The van der Waals surface area contributed by atoms with E-state index in [4.69, 9.17) is 4.74 Å². The molecule has 1 heterocycles. The first-order chi connectivity index (χ1) is 15.2. The number of nitro benzene ring substituents is 1. The highest BCUT2D eigenvalue weighted by atomic mass is 32.2. The van der Waals surface area contributed by atoms with Gasteiger partial charge in [-0.25, -0.2) is 14.0 Å². The summed E-state index contributed by atoms with van der Waals surface area (Å²) in [7, 11) is 2.27. The molecular weight excluding hydrogens is 445 g/mol. The molecule has 0 unspecified atom stereocenters. The Morgan fingerprint density at radius 1 is 1.38 bits per heavy atom. The van der Waals surface area contributed by atoms with Crippen molar-refractivity contribution in [3.05, 3.63) is 44.0 Å². The van der Waals surface area contributed by atoms with Crippen molar-refractivity contribution in [2.24, 2.45) is 0 Å². The van der Waals surface area contributed by atoms with Crippen LogP contribution in [0, 0.1) is 15.9 Å². The zero-order valence-corrected chi connectivity index (χ0v) is 18.5. The second-order valence-electron chi connectivity index (χ2n) is 7.24. The Balaban J connectivity index is 2.30. The largest absolute Gasteiger partial charge is 0.467 e. The first kappa shape index (κ1) is 23.5. The number of fused-ring (bicyclic) bond motifs is 1. The van der Waals surface area contributed by atoms with E-state index in [0.29, 0.717) is 18.6 Å². The summed E-state index contributed by atoms with van der Waals surface area (Å²) in [6.45, 7) is 0. The lowest BCUT2D eigenvalue weighted by molar-refractivity contribution is -0.382. The van der Waals surface area contributed by atoms with E-state index >= 15 is 4.39 Å². The van der Waals surface area contributed by atoms with Gasteiger partial charge in [0.15, 0.2) is 11.5 Å². The summed E-state index contributed by atoms with van der Waals surface area (Å²) >= 11 is 1.44. The number of thioether (sulfide) groups is 1. The molecule has 1 aliphatic rings. The van der Waals surface area contributed by atoms with Gasteiger partial charge in [0.2, 0.25) is 5.43 Å². The average molecular weight is 467 g/mol. The summed E-state index contributed by atoms with van der Waals surface area (Å²) in [5, 5.41) is 14.4. The normalized spacial score (nSPS) is 14.1. The van der Waals surface area contributed by atoms with E-state index in [1.165, 1.54) is 29.6 Å². The standard InChI is InChI=1S/C20H22FN3O7S/c1-30-19(26)12-9-23(10-4-5-10)16-11(18(12)25)8-13(21)15(17(16)24(28)29)22-14(6-7-32-3)20(27)31-2/h8-10,14,22H,4-7H2,1-3H3/t14-/m0/s1. The topological polar surface area (TPSA) is 130 Å². The highest BCUT2D eigenvalue weighted by Gasteiger charge is 2.35. The minimum atomic E-state index is -1.09. The van der Waals surface area contributed by atoms with Crippen molar-refractivity contribution in [2.75, 3.05) is 31.5 Å². The molecule has 1 fully saturated rings. The molecule has 12 heteroatoms. The van der Waals surface area contributed by atoms with Crippen LogP contribution in [-0.4, -0.2) is 53.7 Å². The fourth-order valence-corrected chi connectivity index (χ4v) is 3.95. The summed E-state index contributed by atoms with van der Waals surface area (Å²) < 4.78 is 26.0. The number of benzene rings is 1. The molecule has 10 nitrogen and oxygen atoms in total. The molecule has 1 aromatic carbocycles. The summed E-state index contributed by atoms with van der Waals surface area (Å²) in [6, 6.07) is -0.374. The number of rotatable bonds is 9. The van der Waals surface area contributed by atoms with Crippen molar-refractivity contribution in [1.82, 2.24) is 4.57 Å². The van der Waals surface area contributed by atoms with Gasteiger partial charge in [-0.3, -0.25) is 14.9 Å². The molecule has 172 valence electrons. The second kappa shape index (κ2) is 9.55. The molecule has 3 rings (SSSR count). The first-order valence-corrected chi connectivity index (χ1v) is 11.1. The van der Waals surface area contributed by atoms with Crippen LogP contribution in [0.15, 0.2) is 17.1 Å². The van der Waals surface area contributed by atoms with E-state index in [-0.39, 0.29) is 28.9 Å². The van der Waals surface area contributed by atoms with E-state index in [9.17, 15) is 24.5 Å². The fourth-order valence-electron chi connectivity index (χ4n) is 3.48. The van der Waals surface area contributed by atoms with E-state index < -0.39 is 45.5 Å². The average Bonchev–Trinajstić information content (AvgIpc) is 3.61. The van der Waals surface area contributed by atoms with E-state index in [1.54, 1.807) is 0 Å². The van der Waals surface area contributed by atoms with Crippen LogP contribution < -0.4 is 10.7 Å². The van der Waals surface area contributed by atoms with Crippen LogP contribution in [0.1, 0.15) is 35.7 Å². The Morgan fingerprint density at radius 2 is 2.06 bits per heavy atom. The minimum Gasteiger partial charge on any atom is -0.467 e. The number of aromatic nitrogens is 1. The van der Waals surface area contributed by atoms with Gasteiger partial charge in [0.05, 0.1) is 24.5 Å². The van der Waals surface area contributed by atoms with Crippen molar-refractivity contribution in [3.8, 4) is 0 Å². The van der Waals surface area contributed by atoms with Gasteiger partial charge >= 0.3 is 17.6 Å². The first-order valence-electron chi connectivity index (χ1n) is 9.72. The van der Waals surface area contributed by atoms with Gasteiger partial charge in [-0.2, -0.15) is 11.8 Å². The predicted octanol–water partition coefficient (Wildman–Crippen LogP) is 2.88. The number of halogens is 1. The number of pyridine rings is 1. The molecule has 0 aliphatic heterocycles. The fraction of sp³-hybridized carbons (Fsp3) is 0.450. The van der Waals surface area contributed by atoms with Crippen molar-refractivity contribution in [3.63, 3.8) is 0 Å². The number of nitrogens with one attached hydrogen (secondary N) is 1. The summed E-state index contributed by atoms with van der Waals surface area (Å²) in [5.41, 5.74) is -2.53. The molecule has 1 N–H and O–H groups in total. The number of carbonyl (C=O) groups excluding carboxylic acids is 2. The van der Waals surface area contributed by atoms with Gasteiger partial charge in [0.1, 0.15) is 17.1 Å². The minimum absolute atomic E-state index is 0.118. The maximum atomic E-state index is 15.1. The van der Waals surface area contributed by atoms with E-state index in [2.05, 4.69) is 10.1 Å². The molecule has 1 aliphatic carbocycles. The Hall–Kier alpha value is -3.15. The number of ether oxygens (including phenoxy) is 2. The van der Waals surface area contributed by atoms with Crippen LogP contribution in [-0.2, 0) is 14.3 Å². The molecule has 0 saturated heterocycles. The van der Waals surface area contributed by atoms with E-state index in [0.717, 1.165) is 13.2 Å². The highest BCUT2D eigenvalue weighted by Crippen LogP contribution is 2.42. The van der Waals surface area contributed by atoms with Gasteiger partial charge in [-0.15, -0.1) is 0 Å². The third-order valence-electron chi connectivity index (χ3n) is 5.18. The van der Waals surface area contributed by atoms with Gasteiger partial charge in [0.25, 0.3) is 0 Å². The Morgan fingerprint density at radius 3 is 2.59 bits per heavy atom. The third-order valence-corrected chi connectivity index (χ3v) is 5.83. The van der Waals surface area contributed by atoms with E-state index in [1.807, 2.05) is 6.26 Å². The van der Waals surface area contributed by atoms with Crippen molar-refractivity contribution >= 4 is 46.0 Å². The van der Waals surface area contributed by atoms with Crippen LogP contribution >= 0.6 is 11.8 Å². The van der Waals surface area contributed by atoms with Gasteiger partial charge in [0, 0.05) is 12.2 Å². The Labute approximate surface area is 186 Å². The van der Waals surface area contributed by atoms with Crippen molar-refractivity contribution in [2.45, 2.75) is 31.3 Å². The maximum absolute atomic E-state index is 15.1. The third kappa shape index (κ3) is 4.40. The lowest BCUT2D eigenvalue weighted by Crippen LogP contribution is -2.32. The SMILES string of the molecule is COC(=O)c1cn(C2CC2)c2c([N+](=O)[O-])c(N[C@@H](CCSC)C(=O)OC)c(F)cc2c1=O. The molecule has 1 aromatic heterocycles. The zero-order valence-electron chi connectivity index (χ0n) is 17.7. The number of carbonyl (C=O) groups is 2. The van der Waals surface area contributed by atoms with Gasteiger partial charge in [-0.05, 0) is 37.3 Å². The van der Waals surface area contributed by atoms with Crippen molar-refractivity contribution in [1.29, 1.82) is 0 Å². The highest BCUT2D eigenvalue weighted by molar-refractivity contribution is 7.98. The molecule has 2 aromatic rings. The monoisotopic (exact) mass is 467 g/mol. The van der Waals surface area contributed by atoms with Crippen LogP contribution in [0.25, 0.3) is 10.9 Å². The molecular formula is C20H22FN3O7S. The molecule has 1 saturated carbocycles. The predicted molar refractivity (Wildman–Crippen MR) is 117 cm³/mol. The summed E-state index contributed by atoms with van der Waals surface area (Å²) in [4.78, 5) is 48.4. The number of hydrogen-bond acceptors (Lipinski definition) is 9. The second-order valence-corrected chi connectivity index (χ2v) is 8.22. The molecule has 0 amide bonds. The maximum Gasteiger partial charge on any atom is 0.343 e. The quantitative estimate of drug-likeness (QED) is 0.336. The van der Waals surface area contributed by atoms with Crippen LogP contribution in [0.3, 0.4) is 0 Å². The van der Waals surface area contributed by atoms with Gasteiger partial charge in [-0.1, -0.05) is 0 Å². The number of hydrogen-bond donors (Lipinski definition) is 1. The number of methoxy groups -OCH3 is 2. The van der Waals surface area contributed by atoms with Crippen LogP contribution in [0.5, 0.6) is 0 Å². The lowest BCUT2D eigenvalue weighted by Gasteiger charge is -2.19. The molecule has 0 radical (unpaired) electrons. The van der Waals surface area contributed by atoms with Crippen LogP contribution in [0.2, 0.25) is 0 Å². The molecule has 0 bridgehead atoms. The zero-order chi connectivity index (χ0) is 23.6. The number of esters is 2. The smallest absolute Gasteiger partial charge is 0.343 e. The van der Waals surface area contributed by atoms with Crippen molar-refractivity contribution < 1.29 is 28.4 Å². The van der Waals surface area contributed by atoms with Crippen LogP contribution in [0.4, 0.5) is 15.8 Å². The molecule has 1 atom stereocenters. The summed E-state index contributed by atoms with van der Waals surface area (Å²) in [6.07, 6.45) is 4.62.